The van der Waals surface area contributed by atoms with E-state index in [4.69, 9.17) is 16.0 Å². The lowest BCUT2D eigenvalue weighted by Gasteiger charge is -2.01. The highest BCUT2D eigenvalue weighted by molar-refractivity contribution is 6.30. The van der Waals surface area contributed by atoms with E-state index in [1.165, 1.54) is 18.5 Å². The van der Waals surface area contributed by atoms with E-state index in [1.807, 2.05) is 0 Å². The van der Waals surface area contributed by atoms with Crippen LogP contribution in [-0.2, 0) is 4.79 Å². The Morgan fingerprint density at radius 3 is 2.67 bits per heavy atom. The molecule has 0 unspecified atom stereocenters. The van der Waals surface area contributed by atoms with E-state index < -0.39 is 11.8 Å². The van der Waals surface area contributed by atoms with Crippen molar-refractivity contribution in [3.63, 3.8) is 0 Å². The second kappa shape index (κ2) is 7.25. The van der Waals surface area contributed by atoms with Gasteiger partial charge in [-0.05, 0) is 29.8 Å². The molecule has 2 N–H and O–H groups in total. The summed E-state index contributed by atoms with van der Waals surface area (Å²) in [6.45, 7) is -0.197. The monoisotopic (exact) mass is 305 g/mol. The van der Waals surface area contributed by atoms with Crippen molar-refractivity contribution >= 4 is 29.6 Å². The molecule has 108 valence electrons. The van der Waals surface area contributed by atoms with Gasteiger partial charge >= 0.3 is 0 Å². The van der Waals surface area contributed by atoms with Gasteiger partial charge in [0.1, 0.15) is 0 Å². The Morgan fingerprint density at radius 1 is 1.24 bits per heavy atom. The predicted octanol–water partition coefficient (Wildman–Crippen LogP) is 1.81. The largest absolute Gasteiger partial charge is 0.459 e. The summed E-state index contributed by atoms with van der Waals surface area (Å²) in [5, 5.41) is 6.80. The first-order valence-corrected chi connectivity index (χ1v) is 6.42. The normalized spacial score (nSPS) is 10.5. The predicted molar refractivity (Wildman–Crippen MR) is 78.2 cm³/mol. The summed E-state index contributed by atoms with van der Waals surface area (Å²) in [5.74, 6) is -0.760. The Balaban J connectivity index is 1.74. The van der Waals surface area contributed by atoms with Crippen LogP contribution in [0.4, 0.5) is 0 Å². The molecule has 0 atom stereocenters. The maximum atomic E-state index is 11.5. The Morgan fingerprint density at radius 2 is 2.00 bits per heavy atom. The van der Waals surface area contributed by atoms with Gasteiger partial charge in [-0.1, -0.05) is 23.7 Å². The molecule has 0 radical (unpaired) electrons. The first kappa shape index (κ1) is 14.8. The Hall–Kier alpha value is -2.60. The van der Waals surface area contributed by atoms with Crippen LogP contribution in [0.1, 0.15) is 16.1 Å². The zero-order valence-corrected chi connectivity index (χ0v) is 11.6. The Kier molecular flexibility index (Phi) is 5.11. The fourth-order valence-electron chi connectivity index (χ4n) is 1.42. The molecule has 0 aliphatic heterocycles. The van der Waals surface area contributed by atoms with E-state index in [1.54, 1.807) is 30.3 Å². The molecule has 0 saturated heterocycles. The zero-order chi connectivity index (χ0) is 15.1. The van der Waals surface area contributed by atoms with Gasteiger partial charge in [0.05, 0.1) is 19.0 Å². The number of rotatable bonds is 5. The average Bonchev–Trinajstić information content (AvgIpc) is 3.01. The molecule has 7 heteroatoms. The van der Waals surface area contributed by atoms with Crippen LogP contribution >= 0.6 is 11.6 Å². The maximum Gasteiger partial charge on any atom is 0.287 e. The van der Waals surface area contributed by atoms with Crippen LogP contribution in [0.25, 0.3) is 0 Å². The first-order chi connectivity index (χ1) is 10.1. The van der Waals surface area contributed by atoms with Crippen molar-refractivity contribution in [2.24, 2.45) is 5.10 Å². The number of nitrogens with one attached hydrogen (secondary N) is 2. The summed E-state index contributed by atoms with van der Waals surface area (Å²) in [7, 11) is 0. The average molecular weight is 306 g/mol. The van der Waals surface area contributed by atoms with Gasteiger partial charge in [0.25, 0.3) is 11.8 Å². The van der Waals surface area contributed by atoms with Gasteiger partial charge in [-0.25, -0.2) is 5.43 Å². The molecule has 1 aromatic heterocycles. The van der Waals surface area contributed by atoms with Gasteiger partial charge < -0.3 is 9.73 Å². The van der Waals surface area contributed by atoms with Gasteiger partial charge in [-0.3, -0.25) is 9.59 Å². The summed E-state index contributed by atoms with van der Waals surface area (Å²) < 4.78 is 4.89. The lowest BCUT2D eigenvalue weighted by atomic mass is 10.2. The fourth-order valence-corrected chi connectivity index (χ4v) is 1.55. The molecule has 0 saturated carbocycles. The number of hydrogen-bond acceptors (Lipinski definition) is 4. The van der Waals surface area contributed by atoms with Crippen molar-refractivity contribution in [2.75, 3.05) is 6.54 Å². The van der Waals surface area contributed by atoms with E-state index in [2.05, 4.69) is 15.8 Å². The minimum atomic E-state index is -0.461. The maximum absolute atomic E-state index is 11.5. The third-order valence-corrected chi connectivity index (χ3v) is 2.68. The van der Waals surface area contributed by atoms with Crippen molar-refractivity contribution < 1.29 is 14.0 Å². The number of amides is 2. The highest BCUT2D eigenvalue weighted by Crippen LogP contribution is 2.07. The van der Waals surface area contributed by atoms with Crippen LogP contribution in [0, 0.1) is 0 Å². The van der Waals surface area contributed by atoms with E-state index in [0.717, 1.165) is 5.56 Å². The summed E-state index contributed by atoms with van der Waals surface area (Å²) in [6.07, 6.45) is 2.86. The van der Waals surface area contributed by atoms with Crippen LogP contribution in [-0.4, -0.2) is 24.6 Å². The minimum absolute atomic E-state index is 0.146. The minimum Gasteiger partial charge on any atom is -0.459 e. The van der Waals surface area contributed by atoms with E-state index >= 15 is 0 Å². The number of halogens is 1. The van der Waals surface area contributed by atoms with E-state index in [-0.39, 0.29) is 12.3 Å². The van der Waals surface area contributed by atoms with Gasteiger partial charge in [0.15, 0.2) is 5.76 Å². The van der Waals surface area contributed by atoms with Crippen LogP contribution in [0.2, 0.25) is 5.02 Å². The highest BCUT2D eigenvalue weighted by atomic mass is 35.5. The molecule has 0 spiro atoms. The third-order valence-electron chi connectivity index (χ3n) is 2.43. The molecule has 6 nitrogen and oxygen atoms in total. The number of carbonyl (C=O) groups is 2. The Bertz CT molecular complexity index is 636. The van der Waals surface area contributed by atoms with E-state index in [9.17, 15) is 9.59 Å². The number of furan rings is 1. The molecule has 0 bridgehead atoms. The van der Waals surface area contributed by atoms with Gasteiger partial charge in [-0.2, -0.15) is 5.10 Å². The number of benzene rings is 1. The summed E-state index contributed by atoms with van der Waals surface area (Å²) in [6, 6.07) is 10.0. The molecule has 2 amide bonds. The number of carbonyl (C=O) groups excluding carboxylic acids is 2. The molecule has 2 rings (SSSR count). The van der Waals surface area contributed by atoms with Crippen molar-refractivity contribution in [3.8, 4) is 0 Å². The topological polar surface area (TPSA) is 83.7 Å². The molecular weight excluding hydrogens is 294 g/mol. The van der Waals surface area contributed by atoms with Crippen LogP contribution in [0.5, 0.6) is 0 Å². The third kappa shape index (κ3) is 4.77. The van der Waals surface area contributed by atoms with Gasteiger partial charge in [-0.15, -0.1) is 0 Å². The summed E-state index contributed by atoms with van der Waals surface area (Å²) in [5.41, 5.74) is 3.09. The standard InChI is InChI=1S/C14H12ClN3O3/c15-11-5-3-10(4-6-11)8-17-18-13(19)9-16-14(20)12-2-1-7-21-12/h1-8H,9H2,(H,16,20)(H,18,19)/b17-8-. The highest BCUT2D eigenvalue weighted by Gasteiger charge is 2.09. The summed E-state index contributed by atoms with van der Waals surface area (Å²) >= 11 is 5.75. The fraction of sp³-hybridized carbons (Fsp3) is 0.0714. The second-order valence-corrected chi connectivity index (χ2v) is 4.44. The van der Waals surface area contributed by atoms with E-state index in [0.29, 0.717) is 5.02 Å². The molecule has 0 aliphatic rings. The summed E-state index contributed by atoms with van der Waals surface area (Å²) in [4.78, 5) is 23.0. The first-order valence-electron chi connectivity index (χ1n) is 6.04. The second-order valence-electron chi connectivity index (χ2n) is 4.00. The van der Waals surface area contributed by atoms with Crippen molar-refractivity contribution in [1.82, 2.24) is 10.7 Å². The quantitative estimate of drug-likeness (QED) is 0.653. The molecular formula is C14H12ClN3O3. The van der Waals surface area contributed by atoms with Crippen molar-refractivity contribution in [1.29, 1.82) is 0 Å². The van der Waals surface area contributed by atoms with Crippen LogP contribution in [0.15, 0.2) is 52.2 Å². The molecule has 2 aromatic rings. The molecule has 1 aromatic carbocycles. The number of hydrogen-bond donors (Lipinski definition) is 2. The zero-order valence-electron chi connectivity index (χ0n) is 10.9. The lowest BCUT2D eigenvalue weighted by molar-refractivity contribution is -0.120. The van der Waals surface area contributed by atoms with Crippen LogP contribution in [0.3, 0.4) is 0 Å². The van der Waals surface area contributed by atoms with Gasteiger partial charge in [0.2, 0.25) is 0 Å². The van der Waals surface area contributed by atoms with Crippen molar-refractivity contribution in [2.45, 2.75) is 0 Å². The van der Waals surface area contributed by atoms with Crippen molar-refractivity contribution in [3.05, 3.63) is 59.0 Å². The Labute approximate surface area is 125 Å². The van der Waals surface area contributed by atoms with Gasteiger partial charge in [0, 0.05) is 5.02 Å². The molecule has 0 aliphatic carbocycles. The SMILES string of the molecule is O=C(CNC(=O)c1ccco1)N/N=C\c1ccc(Cl)cc1. The smallest absolute Gasteiger partial charge is 0.287 e. The number of nitrogens with zero attached hydrogens (tertiary/aromatic N) is 1. The molecule has 0 fully saturated rings. The van der Waals surface area contributed by atoms with Crippen LogP contribution < -0.4 is 10.7 Å². The lowest BCUT2D eigenvalue weighted by Crippen LogP contribution is -2.34. The molecule has 1 heterocycles. The molecule has 21 heavy (non-hydrogen) atoms. The number of hydrazone groups is 1.